The third-order valence-corrected chi connectivity index (χ3v) is 3.99. The summed E-state index contributed by atoms with van der Waals surface area (Å²) in [5, 5.41) is 0. The van der Waals surface area contributed by atoms with Gasteiger partial charge in [-0.05, 0) is 43.2 Å². The fourth-order valence-electron chi connectivity index (χ4n) is 2.80. The highest BCUT2D eigenvalue weighted by Crippen LogP contribution is 2.28. The Morgan fingerprint density at radius 3 is 2.81 bits per heavy atom. The molecule has 0 aliphatic carbocycles. The SMILES string of the molecule is CC(=O)c1ccc2c(c1)CCN2CCn1ccccc1=O. The van der Waals surface area contributed by atoms with E-state index in [2.05, 4.69) is 4.90 Å². The summed E-state index contributed by atoms with van der Waals surface area (Å²) in [5.41, 5.74) is 3.21. The quantitative estimate of drug-likeness (QED) is 0.807. The number of hydrogen-bond acceptors (Lipinski definition) is 3. The van der Waals surface area contributed by atoms with Crippen molar-refractivity contribution in [1.29, 1.82) is 0 Å². The summed E-state index contributed by atoms with van der Waals surface area (Å²) in [5.74, 6) is 0.104. The summed E-state index contributed by atoms with van der Waals surface area (Å²) in [6.07, 6.45) is 2.78. The molecule has 2 heterocycles. The molecular weight excluding hydrogens is 264 g/mol. The molecule has 0 fully saturated rings. The number of pyridine rings is 1. The van der Waals surface area contributed by atoms with Crippen LogP contribution in [0.15, 0.2) is 47.4 Å². The molecule has 1 aliphatic rings. The number of fused-ring (bicyclic) bond motifs is 1. The van der Waals surface area contributed by atoms with Crippen LogP contribution >= 0.6 is 0 Å². The van der Waals surface area contributed by atoms with Crippen LogP contribution < -0.4 is 10.5 Å². The number of aromatic nitrogens is 1. The van der Waals surface area contributed by atoms with Gasteiger partial charge in [0.1, 0.15) is 0 Å². The molecule has 0 bridgehead atoms. The number of ketones is 1. The van der Waals surface area contributed by atoms with Crippen molar-refractivity contribution in [2.45, 2.75) is 19.9 Å². The van der Waals surface area contributed by atoms with Gasteiger partial charge in [-0.15, -0.1) is 0 Å². The molecule has 1 aromatic heterocycles. The second kappa shape index (κ2) is 5.56. The maximum Gasteiger partial charge on any atom is 0.250 e. The highest BCUT2D eigenvalue weighted by atomic mass is 16.1. The first-order valence-electron chi connectivity index (χ1n) is 7.19. The number of nitrogens with zero attached hydrogens (tertiary/aromatic N) is 2. The van der Waals surface area contributed by atoms with E-state index < -0.39 is 0 Å². The number of hydrogen-bond donors (Lipinski definition) is 0. The fraction of sp³-hybridized carbons (Fsp3) is 0.294. The largest absolute Gasteiger partial charge is 0.369 e. The molecule has 0 N–H and O–H groups in total. The van der Waals surface area contributed by atoms with Crippen LogP contribution in [0.2, 0.25) is 0 Å². The molecule has 1 aliphatic heterocycles. The Labute approximate surface area is 123 Å². The van der Waals surface area contributed by atoms with E-state index in [-0.39, 0.29) is 11.3 Å². The third-order valence-electron chi connectivity index (χ3n) is 3.99. The second-order valence-electron chi connectivity index (χ2n) is 5.37. The average molecular weight is 282 g/mol. The first-order valence-corrected chi connectivity index (χ1v) is 7.19. The normalized spacial score (nSPS) is 13.3. The predicted octanol–water partition coefficient (Wildman–Crippen LogP) is 2.11. The van der Waals surface area contributed by atoms with E-state index in [9.17, 15) is 9.59 Å². The number of benzene rings is 1. The molecule has 0 atom stereocenters. The first kappa shape index (κ1) is 13.6. The summed E-state index contributed by atoms with van der Waals surface area (Å²) < 4.78 is 1.72. The minimum atomic E-state index is 0.0313. The van der Waals surface area contributed by atoms with E-state index in [1.54, 1.807) is 23.6 Å². The molecule has 0 amide bonds. The van der Waals surface area contributed by atoms with Crippen LogP contribution in [0, 0.1) is 0 Å². The summed E-state index contributed by atoms with van der Waals surface area (Å²) in [7, 11) is 0. The lowest BCUT2D eigenvalue weighted by Crippen LogP contribution is -2.29. The van der Waals surface area contributed by atoms with Gasteiger partial charge >= 0.3 is 0 Å². The van der Waals surface area contributed by atoms with Crippen molar-refractivity contribution < 1.29 is 4.79 Å². The van der Waals surface area contributed by atoms with Crippen molar-refractivity contribution >= 4 is 11.5 Å². The summed E-state index contributed by atoms with van der Waals surface area (Å²) in [6, 6.07) is 11.1. The number of rotatable bonds is 4. The maximum atomic E-state index is 11.7. The van der Waals surface area contributed by atoms with E-state index in [1.165, 1.54) is 11.3 Å². The molecule has 0 radical (unpaired) electrons. The van der Waals surface area contributed by atoms with E-state index >= 15 is 0 Å². The van der Waals surface area contributed by atoms with Crippen LogP contribution in [-0.2, 0) is 13.0 Å². The molecule has 3 rings (SSSR count). The summed E-state index contributed by atoms with van der Waals surface area (Å²) in [6.45, 7) is 4.01. The monoisotopic (exact) mass is 282 g/mol. The zero-order valence-electron chi connectivity index (χ0n) is 12.1. The molecule has 4 heteroatoms. The highest BCUT2D eigenvalue weighted by molar-refractivity contribution is 5.94. The topological polar surface area (TPSA) is 42.3 Å². The van der Waals surface area contributed by atoms with Crippen molar-refractivity contribution in [1.82, 2.24) is 4.57 Å². The van der Waals surface area contributed by atoms with Gasteiger partial charge in [-0.1, -0.05) is 6.07 Å². The molecule has 0 saturated heterocycles. The standard InChI is InChI=1S/C17H18N2O2/c1-13(20)14-5-6-16-15(12-14)7-9-18(16)10-11-19-8-3-2-4-17(19)21/h2-6,8,12H,7,9-11H2,1H3. The molecule has 108 valence electrons. The Hall–Kier alpha value is -2.36. The Kier molecular flexibility index (Phi) is 3.60. The van der Waals surface area contributed by atoms with Gasteiger partial charge in [-0.3, -0.25) is 9.59 Å². The van der Waals surface area contributed by atoms with Crippen LogP contribution in [0.3, 0.4) is 0 Å². The van der Waals surface area contributed by atoms with Crippen LogP contribution in [0.4, 0.5) is 5.69 Å². The van der Waals surface area contributed by atoms with Gasteiger partial charge in [0.2, 0.25) is 0 Å². The zero-order valence-corrected chi connectivity index (χ0v) is 12.1. The van der Waals surface area contributed by atoms with E-state index in [0.29, 0.717) is 6.54 Å². The molecule has 2 aromatic rings. The molecule has 0 spiro atoms. The van der Waals surface area contributed by atoms with Crippen molar-refractivity contribution in [3.8, 4) is 0 Å². The van der Waals surface area contributed by atoms with E-state index in [0.717, 1.165) is 25.1 Å². The Morgan fingerprint density at radius 2 is 2.05 bits per heavy atom. The van der Waals surface area contributed by atoms with Crippen molar-refractivity contribution in [3.63, 3.8) is 0 Å². The van der Waals surface area contributed by atoms with Gasteiger partial charge in [-0.25, -0.2) is 0 Å². The van der Waals surface area contributed by atoms with Crippen LogP contribution in [0.25, 0.3) is 0 Å². The lowest BCUT2D eigenvalue weighted by atomic mass is 10.1. The molecule has 1 aromatic carbocycles. The first-order chi connectivity index (χ1) is 10.1. The maximum absolute atomic E-state index is 11.7. The number of carbonyl (C=O) groups excluding carboxylic acids is 1. The van der Waals surface area contributed by atoms with Gasteiger partial charge < -0.3 is 9.47 Å². The zero-order chi connectivity index (χ0) is 14.8. The highest BCUT2D eigenvalue weighted by Gasteiger charge is 2.19. The number of carbonyl (C=O) groups is 1. The lowest BCUT2D eigenvalue weighted by Gasteiger charge is -2.20. The second-order valence-corrected chi connectivity index (χ2v) is 5.37. The van der Waals surface area contributed by atoms with Crippen LogP contribution in [0.1, 0.15) is 22.8 Å². The van der Waals surface area contributed by atoms with E-state index in [1.807, 2.05) is 30.5 Å². The smallest absolute Gasteiger partial charge is 0.250 e. The minimum Gasteiger partial charge on any atom is -0.369 e. The third kappa shape index (κ3) is 2.75. The average Bonchev–Trinajstić information content (AvgIpc) is 2.88. The minimum absolute atomic E-state index is 0.0313. The van der Waals surface area contributed by atoms with Gasteiger partial charge in [0.15, 0.2) is 5.78 Å². The number of Topliss-reactive ketones (excluding diaryl/α,β-unsaturated/α-hetero) is 1. The van der Waals surface area contributed by atoms with Crippen molar-refractivity contribution in [2.24, 2.45) is 0 Å². The van der Waals surface area contributed by atoms with Gasteiger partial charge in [0, 0.05) is 43.1 Å². The lowest BCUT2D eigenvalue weighted by molar-refractivity contribution is 0.101. The molecular formula is C17H18N2O2. The molecule has 4 nitrogen and oxygen atoms in total. The van der Waals surface area contributed by atoms with Crippen LogP contribution in [0.5, 0.6) is 0 Å². The fourth-order valence-corrected chi connectivity index (χ4v) is 2.80. The van der Waals surface area contributed by atoms with Gasteiger partial charge in [0.25, 0.3) is 5.56 Å². The predicted molar refractivity (Wildman–Crippen MR) is 83.1 cm³/mol. The van der Waals surface area contributed by atoms with Gasteiger partial charge in [0.05, 0.1) is 0 Å². The Bertz CT molecular complexity index is 734. The summed E-state index contributed by atoms with van der Waals surface area (Å²) >= 11 is 0. The van der Waals surface area contributed by atoms with Gasteiger partial charge in [-0.2, -0.15) is 0 Å². The van der Waals surface area contributed by atoms with Crippen molar-refractivity contribution in [3.05, 3.63) is 64.1 Å². The molecule has 21 heavy (non-hydrogen) atoms. The van der Waals surface area contributed by atoms with Crippen LogP contribution in [-0.4, -0.2) is 23.4 Å². The molecule has 0 unspecified atom stereocenters. The van der Waals surface area contributed by atoms with Crippen molar-refractivity contribution in [2.75, 3.05) is 18.0 Å². The molecule has 0 saturated carbocycles. The number of anilines is 1. The Balaban J connectivity index is 1.75. The van der Waals surface area contributed by atoms with E-state index in [4.69, 9.17) is 0 Å². The Morgan fingerprint density at radius 1 is 1.19 bits per heavy atom. The summed E-state index contributed by atoms with van der Waals surface area (Å²) in [4.78, 5) is 25.4.